The number of para-hydroxylation sites is 2. The molecule has 0 aliphatic rings. The summed E-state index contributed by atoms with van der Waals surface area (Å²) in [5, 5.41) is 4.59. The molecule has 0 radical (unpaired) electrons. The molecular weight excluding hydrogens is 262 g/mol. The molecule has 0 aliphatic heterocycles. The van der Waals surface area contributed by atoms with Crippen LogP contribution in [0.4, 0.5) is 0 Å². The first-order valence-corrected chi connectivity index (χ1v) is 7.18. The molecule has 3 rings (SSSR count). The van der Waals surface area contributed by atoms with Gasteiger partial charge < -0.3 is 14.5 Å². The third-order valence-corrected chi connectivity index (χ3v) is 3.59. The fraction of sp³-hybridized carbons (Fsp3) is 0.222. The van der Waals surface area contributed by atoms with Crippen LogP contribution < -0.4 is 10.1 Å². The van der Waals surface area contributed by atoms with Crippen molar-refractivity contribution in [3.05, 3.63) is 65.9 Å². The number of benzene rings is 2. The van der Waals surface area contributed by atoms with Crippen molar-refractivity contribution in [3.8, 4) is 5.75 Å². The number of ether oxygens (including phenoxy) is 1. The largest absolute Gasteiger partial charge is 0.496 e. The van der Waals surface area contributed by atoms with Crippen LogP contribution in [-0.4, -0.2) is 13.7 Å². The average Bonchev–Trinajstić information content (AvgIpc) is 2.96. The molecule has 1 unspecified atom stereocenters. The van der Waals surface area contributed by atoms with Crippen LogP contribution in [0.1, 0.15) is 24.3 Å². The lowest BCUT2D eigenvalue weighted by Crippen LogP contribution is -2.22. The van der Waals surface area contributed by atoms with Gasteiger partial charge in [0.15, 0.2) is 0 Å². The number of methoxy groups -OCH3 is 1. The highest BCUT2D eigenvalue weighted by molar-refractivity contribution is 5.78. The van der Waals surface area contributed by atoms with E-state index in [0.29, 0.717) is 0 Å². The SMILES string of the molecule is CCNC(c1cc2ccccc2o1)c1ccccc1OC. The fourth-order valence-corrected chi connectivity index (χ4v) is 2.62. The molecule has 0 spiro atoms. The normalized spacial score (nSPS) is 12.5. The summed E-state index contributed by atoms with van der Waals surface area (Å²) < 4.78 is 11.5. The highest BCUT2D eigenvalue weighted by Crippen LogP contribution is 2.32. The Morgan fingerprint density at radius 2 is 1.86 bits per heavy atom. The van der Waals surface area contributed by atoms with Gasteiger partial charge in [0.2, 0.25) is 0 Å². The van der Waals surface area contributed by atoms with E-state index < -0.39 is 0 Å². The van der Waals surface area contributed by atoms with Crippen LogP contribution in [0.2, 0.25) is 0 Å². The van der Waals surface area contributed by atoms with Gasteiger partial charge in [-0.1, -0.05) is 43.3 Å². The van der Waals surface area contributed by atoms with Gasteiger partial charge in [0.25, 0.3) is 0 Å². The Kier molecular flexibility index (Phi) is 3.93. The zero-order chi connectivity index (χ0) is 14.7. The summed E-state index contributed by atoms with van der Waals surface area (Å²) in [4.78, 5) is 0. The number of hydrogen-bond donors (Lipinski definition) is 1. The van der Waals surface area contributed by atoms with Crippen molar-refractivity contribution < 1.29 is 9.15 Å². The highest BCUT2D eigenvalue weighted by atomic mass is 16.5. The lowest BCUT2D eigenvalue weighted by Gasteiger charge is -2.18. The molecule has 1 heterocycles. The second kappa shape index (κ2) is 6.02. The lowest BCUT2D eigenvalue weighted by atomic mass is 10.0. The first-order chi connectivity index (χ1) is 10.3. The van der Waals surface area contributed by atoms with E-state index in [4.69, 9.17) is 9.15 Å². The lowest BCUT2D eigenvalue weighted by molar-refractivity contribution is 0.397. The van der Waals surface area contributed by atoms with Gasteiger partial charge in [-0.2, -0.15) is 0 Å². The third kappa shape index (κ3) is 2.65. The topological polar surface area (TPSA) is 34.4 Å². The van der Waals surface area contributed by atoms with Crippen molar-refractivity contribution in [3.63, 3.8) is 0 Å². The van der Waals surface area contributed by atoms with E-state index in [9.17, 15) is 0 Å². The Bertz CT molecular complexity index is 700. The van der Waals surface area contributed by atoms with E-state index in [0.717, 1.165) is 34.6 Å². The van der Waals surface area contributed by atoms with Crippen molar-refractivity contribution in [2.75, 3.05) is 13.7 Å². The maximum atomic E-state index is 6.02. The summed E-state index contributed by atoms with van der Waals surface area (Å²) in [5.41, 5.74) is 1.99. The molecule has 3 nitrogen and oxygen atoms in total. The molecule has 3 heteroatoms. The number of furan rings is 1. The number of hydrogen-bond acceptors (Lipinski definition) is 3. The minimum Gasteiger partial charge on any atom is -0.496 e. The first kappa shape index (κ1) is 13.7. The second-order valence-corrected chi connectivity index (χ2v) is 4.92. The summed E-state index contributed by atoms with van der Waals surface area (Å²) in [6.07, 6.45) is 0. The Hall–Kier alpha value is -2.26. The fourth-order valence-electron chi connectivity index (χ4n) is 2.62. The standard InChI is InChI=1S/C18H19NO2/c1-3-19-18(14-9-5-7-11-16(14)20-2)17-12-13-8-4-6-10-15(13)21-17/h4-12,18-19H,3H2,1-2H3. The molecule has 0 amide bonds. The maximum Gasteiger partial charge on any atom is 0.134 e. The van der Waals surface area contributed by atoms with E-state index in [2.05, 4.69) is 30.4 Å². The van der Waals surface area contributed by atoms with Crippen molar-refractivity contribution >= 4 is 11.0 Å². The summed E-state index contributed by atoms with van der Waals surface area (Å²) >= 11 is 0. The average molecular weight is 281 g/mol. The Labute approximate surface area is 124 Å². The Morgan fingerprint density at radius 1 is 1.10 bits per heavy atom. The Morgan fingerprint density at radius 3 is 2.62 bits per heavy atom. The zero-order valence-corrected chi connectivity index (χ0v) is 12.3. The summed E-state index contributed by atoms with van der Waals surface area (Å²) in [7, 11) is 1.69. The van der Waals surface area contributed by atoms with E-state index in [1.165, 1.54) is 0 Å². The van der Waals surface area contributed by atoms with E-state index in [-0.39, 0.29) is 6.04 Å². The van der Waals surface area contributed by atoms with Gasteiger partial charge in [0.05, 0.1) is 13.2 Å². The third-order valence-electron chi connectivity index (χ3n) is 3.59. The van der Waals surface area contributed by atoms with E-state index in [1.54, 1.807) is 7.11 Å². The van der Waals surface area contributed by atoms with Crippen molar-refractivity contribution in [2.24, 2.45) is 0 Å². The van der Waals surface area contributed by atoms with Gasteiger partial charge in [0, 0.05) is 10.9 Å². The second-order valence-electron chi connectivity index (χ2n) is 4.92. The first-order valence-electron chi connectivity index (χ1n) is 7.18. The molecular formula is C18H19NO2. The predicted molar refractivity (Wildman–Crippen MR) is 84.7 cm³/mol. The molecule has 21 heavy (non-hydrogen) atoms. The highest BCUT2D eigenvalue weighted by Gasteiger charge is 2.20. The molecule has 1 N–H and O–H groups in total. The van der Waals surface area contributed by atoms with E-state index in [1.807, 2.05) is 36.4 Å². The number of rotatable bonds is 5. The van der Waals surface area contributed by atoms with Crippen LogP contribution in [0.15, 0.2) is 59.0 Å². The zero-order valence-electron chi connectivity index (χ0n) is 12.3. The number of fused-ring (bicyclic) bond motifs is 1. The van der Waals surface area contributed by atoms with Crippen molar-refractivity contribution in [2.45, 2.75) is 13.0 Å². The summed E-state index contributed by atoms with van der Waals surface area (Å²) in [5.74, 6) is 1.77. The van der Waals surface area contributed by atoms with Crippen LogP contribution in [0.5, 0.6) is 5.75 Å². The predicted octanol–water partition coefficient (Wildman–Crippen LogP) is 4.14. The van der Waals surface area contributed by atoms with Crippen LogP contribution in [0, 0.1) is 0 Å². The molecule has 1 aromatic heterocycles. The molecule has 0 saturated heterocycles. The minimum absolute atomic E-state index is 0.0152. The van der Waals surface area contributed by atoms with Gasteiger partial charge in [-0.15, -0.1) is 0 Å². The molecule has 0 saturated carbocycles. The molecule has 0 fully saturated rings. The van der Waals surface area contributed by atoms with E-state index >= 15 is 0 Å². The van der Waals surface area contributed by atoms with Gasteiger partial charge in [0.1, 0.15) is 17.1 Å². The monoisotopic (exact) mass is 281 g/mol. The molecule has 108 valence electrons. The van der Waals surface area contributed by atoms with Gasteiger partial charge in [-0.05, 0) is 24.7 Å². The summed E-state index contributed by atoms with van der Waals surface area (Å²) in [6.45, 7) is 2.94. The molecule has 0 bridgehead atoms. The van der Waals surface area contributed by atoms with Crippen LogP contribution in [-0.2, 0) is 0 Å². The van der Waals surface area contributed by atoms with Gasteiger partial charge in [-0.3, -0.25) is 0 Å². The quantitative estimate of drug-likeness (QED) is 0.763. The molecule has 1 atom stereocenters. The number of nitrogens with one attached hydrogen (secondary N) is 1. The van der Waals surface area contributed by atoms with Crippen LogP contribution >= 0.6 is 0 Å². The Balaban J connectivity index is 2.08. The molecule has 2 aromatic carbocycles. The van der Waals surface area contributed by atoms with Crippen molar-refractivity contribution in [1.29, 1.82) is 0 Å². The molecule has 0 aliphatic carbocycles. The maximum absolute atomic E-state index is 6.02. The van der Waals surface area contributed by atoms with Gasteiger partial charge in [-0.25, -0.2) is 0 Å². The van der Waals surface area contributed by atoms with Crippen LogP contribution in [0.25, 0.3) is 11.0 Å². The van der Waals surface area contributed by atoms with Gasteiger partial charge >= 0.3 is 0 Å². The summed E-state index contributed by atoms with van der Waals surface area (Å²) in [6, 6.07) is 18.2. The smallest absolute Gasteiger partial charge is 0.134 e. The van der Waals surface area contributed by atoms with Crippen molar-refractivity contribution in [1.82, 2.24) is 5.32 Å². The minimum atomic E-state index is -0.0152. The van der Waals surface area contributed by atoms with Crippen LogP contribution in [0.3, 0.4) is 0 Å². The molecule has 3 aromatic rings.